The molecule has 0 aliphatic heterocycles. The smallest absolute Gasteiger partial charge is 0.366 e. The highest BCUT2D eigenvalue weighted by Crippen LogP contribution is 2.26. The molecule has 0 unspecified atom stereocenters. The Morgan fingerprint density at radius 1 is 0.645 bits per heavy atom. The van der Waals surface area contributed by atoms with Gasteiger partial charge in [-0.05, 0) is 24.3 Å². The predicted octanol–water partition coefficient (Wildman–Crippen LogP) is 3.81. The van der Waals surface area contributed by atoms with Gasteiger partial charge in [0.15, 0.2) is 6.04 Å². The zero-order valence-corrected chi connectivity index (χ0v) is 17.8. The number of hydrogen-bond donors (Lipinski definition) is 1. The molecule has 0 amide bonds. The van der Waals surface area contributed by atoms with Gasteiger partial charge in [-0.15, -0.1) is 0 Å². The molecule has 0 aliphatic carbocycles. The summed E-state index contributed by atoms with van der Waals surface area (Å²) in [6.07, 6.45) is -8.59. The third kappa shape index (κ3) is 7.95. The van der Waals surface area contributed by atoms with E-state index in [-0.39, 0.29) is 6.04 Å². The highest BCUT2D eigenvalue weighted by molar-refractivity contribution is 5.50. The van der Waals surface area contributed by atoms with E-state index < -0.39 is 25.4 Å². The van der Waals surface area contributed by atoms with Gasteiger partial charge in [-0.2, -0.15) is 31.4 Å². The molecule has 0 saturated carbocycles. The molecule has 10 heteroatoms. The summed E-state index contributed by atoms with van der Waals surface area (Å²) in [5.74, 6) is 0. The fraction of sp³-hybridized carbons (Fsp3) is 0.429. The van der Waals surface area contributed by atoms with E-state index in [1.807, 2.05) is 24.5 Å². The normalized spacial score (nSPS) is 12.5. The number of nitrogens with two attached hydrogens (primary N) is 1. The van der Waals surface area contributed by atoms with Crippen LogP contribution in [0.25, 0.3) is 0 Å². The average molecular weight is 449 g/mol. The van der Waals surface area contributed by atoms with Crippen molar-refractivity contribution in [2.45, 2.75) is 18.4 Å². The number of hydrogen-bond acceptors (Lipinski definition) is 3. The van der Waals surface area contributed by atoms with Crippen molar-refractivity contribution in [2.24, 2.45) is 0 Å². The second-order valence-corrected chi connectivity index (χ2v) is 7.72. The number of halogens is 6. The highest BCUT2D eigenvalue weighted by atomic mass is 19.4. The fourth-order valence-electron chi connectivity index (χ4n) is 3.26. The van der Waals surface area contributed by atoms with E-state index >= 15 is 0 Å². The lowest BCUT2D eigenvalue weighted by molar-refractivity contribution is -0.820. The summed E-state index contributed by atoms with van der Waals surface area (Å²) in [7, 11) is 6.46. The Hall–Kier alpha value is -2.46. The molecule has 0 aromatic heterocycles. The van der Waals surface area contributed by atoms with Crippen molar-refractivity contribution < 1.29 is 31.8 Å². The predicted molar refractivity (Wildman–Crippen MR) is 109 cm³/mol. The Morgan fingerprint density at radius 2 is 0.968 bits per heavy atom. The molecule has 0 atom stereocenters. The van der Waals surface area contributed by atoms with Gasteiger partial charge < -0.3 is 9.80 Å². The van der Waals surface area contributed by atoms with Gasteiger partial charge >= 0.3 is 12.4 Å². The highest BCUT2D eigenvalue weighted by Gasteiger charge is 2.30. The molecule has 0 radical (unpaired) electrons. The van der Waals surface area contributed by atoms with E-state index in [0.717, 1.165) is 20.9 Å². The maximum absolute atomic E-state index is 12.6. The van der Waals surface area contributed by atoms with Crippen LogP contribution in [-0.2, 0) is 0 Å². The molecular weight excluding hydrogens is 422 g/mol. The summed E-state index contributed by atoms with van der Waals surface area (Å²) in [4.78, 5) is 2.25. The van der Waals surface area contributed by atoms with Crippen molar-refractivity contribution in [3.05, 3.63) is 59.7 Å². The van der Waals surface area contributed by atoms with Crippen LogP contribution in [0.3, 0.4) is 0 Å². The van der Waals surface area contributed by atoms with Crippen LogP contribution in [0.15, 0.2) is 48.5 Å². The topological polar surface area (TPSA) is 26.3 Å². The molecule has 0 spiro atoms. The standard InChI is InChI=1S/C21H26F6N4/c1-29(2)28-19(15-5-9-17(10-6-15)30(3)13-20(22,23)24)16-7-11-18(12-8-16)31(4)14-21(25,26)27/h5-12,19,28H,13-14H2,1-4H3/p+1. The first-order valence-electron chi connectivity index (χ1n) is 9.52. The summed E-state index contributed by atoms with van der Waals surface area (Å²) in [6.45, 7) is -2.10. The Bertz CT molecular complexity index is 750. The van der Waals surface area contributed by atoms with Crippen molar-refractivity contribution >= 4 is 11.4 Å². The van der Waals surface area contributed by atoms with Crippen LogP contribution in [0, 0.1) is 0 Å². The quantitative estimate of drug-likeness (QED) is 0.377. The van der Waals surface area contributed by atoms with E-state index in [4.69, 9.17) is 0 Å². The van der Waals surface area contributed by atoms with Gasteiger partial charge in [-0.25, -0.2) is 0 Å². The third-order valence-corrected chi connectivity index (χ3v) is 4.67. The van der Waals surface area contributed by atoms with Crippen molar-refractivity contribution in [2.75, 3.05) is 51.1 Å². The molecule has 2 rings (SSSR count). The second-order valence-electron chi connectivity index (χ2n) is 7.72. The number of rotatable bonds is 8. The van der Waals surface area contributed by atoms with Crippen LogP contribution in [-0.4, -0.2) is 58.6 Å². The average Bonchev–Trinajstić information content (AvgIpc) is 2.63. The van der Waals surface area contributed by atoms with Crippen molar-refractivity contribution in [3.63, 3.8) is 0 Å². The third-order valence-electron chi connectivity index (χ3n) is 4.67. The molecule has 172 valence electrons. The molecule has 0 saturated heterocycles. The van der Waals surface area contributed by atoms with Crippen LogP contribution >= 0.6 is 0 Å². The maximum Gasteiger partial charge on any atom is 0.405 e. The number of alkyl halides is 6. The largest absolute Gasteiger partial charge is 0.405 e. The van der Waals surface area contributed by atoms with Crippen LogP contribution < -0.4 is 15.2 Å². The van der Waals surface area contributed by atoms with Gasteiger partial charge in [0.25, 0.3) is 0 Å². The Morgan fingerprint density at radius 3 is 1.23 bits per heavy atom. The molecule has 2 aromatic carbocycles. The first-order chi connectivity index (χ1) is 14.2. The molecular formula is C21H27F6N4+. The zero-order chi connectivity index (χ0) is 23.4. The summed E-state index contributed by atoms with van der Waals surface area (Å²) < 4.78 is 75.8. The first-order valence-corrected chi connectivity index (χ1v) is 9.52. The van der Waals surface area contributed by atoms with Gasteiger partial charge in [0.2, 0.25) is 0 Å². The van der Waals surface area contributed by atoms with Crippen molar-refractivity contribution in [1.29, 1.82) is 0 Å². The van der Waals surface area contributed by atoms with Gasteiger partial charge in [-0.3, -0.25) is 5.43 Å². The molecule has 31 heavy (non-hydrogen) atoms. The molecule has 0 bridgehead atoms. The number of benzene rings is 2. The second kappa shape index (κ2) is 9.78. The molecule has 2 aromatic rings. The van der Waals surface area contributed by atoms with Gasteiger partial charge in [0.05, 0.1) is 0 Å². The van der Waals surface area contributed by atoms with E-state index in [9.17, 15) is 26.3 Å². The Kier molecular flexibility index (Phi) is 7.82. The van der Waals surface area contributed by atoms with Gasteiger partial charge in [-0.1, -0.05) is 24.3 Å². The number of quaternary nitrogens is 1. The monoisotopic (exact) mass is 449 g/mol. The minimum absolute atomic E-state index is 0.209. The lowest BCUT2D eigenvalue weighted by Gasteiger charge is -2.24. The Balaban J connectivity index is 2.24. The van der Waals surface area contributed by atoms with E-state index in [1.165, 1.54) is 14.1 Å². The fourth-order valence-corrected chi connectivity index (χ4v) is 3.26. The lowest BCUT2D eigenvalue weighted by Crippen LogP contribution is -2.92. The minimum Gasteiger partial charge on any atom is -0.366 e. The van der Waals surface area contributed by atoms with Crippen LogP contribution in [0.5, 0.6) is 0 Å². The Labute approximate surface area is 178 Å². The van der Waals surface area contributed by atoms with Crippen molar-refractivity contribution in [3.8, 4) is 0 Å². The zero-order valence-electron chi connectivity index (χ0n) is 17.8. The summed E-state index contributed by atoms with van der Waals surface area (Å²) in [5.41, 5.74) is 4.52. The van der Waals surface area contributed by atoms with Gasteiger partial charge in [0.1, 0.15) is 13.1 Å². The lowest BCUT2D eigenvalue weighted by atomic mass is 9.98. The molecule has 4 nitrogen and oxygen atoms in total. The molecule has 0 aliphatic rings. The van der Waals surface area contributed by atoms with Crippen LogP contribution in [0.1, 0.15) is 17.2 Å². The summed E-state index contributed by atoms with van der Waals surface area (Å²) in [5, 5.41) is 1.86. The van der Waals surface area contributed by atoms with Crippen LogP contribution in [0.2, 0.25) is 0 Å². The first kappa shape index (κ1) is 24.8. The maximum atomic E-state index is 12.6. The summed E-state index contributed by atoms with van der Waals surface area (Å²) >= 11 is 0. The number of anilines is 2. The number of nitrogens with zero attached hydrogens (tertiary/aromatic N) is 3. The van der Waals surface area contributed by atoms with Crippen molar-refractivity contribution in [1.82, 2.24) is 5.01 Å². The van der Waals surface area contributed by atoms with Crippen LogP contribution in [0.4, 0.5) is 37.7 Å². The summed E-state index contributed by atoms with van der Waals surface area (Å²) in [6, 6.07) is 13.3. The SMILES string of the molecule is CN(C)[NH2+]C(c1ccc(N(C)CC(F)(F)F)cc1)c1ccc(N(C)CC(F)(F)F)cc1. The van der Waals surface area contributed by atoms with E-state index in [1.54, 1.807) is 48.5 Å². The molecule has 0 fully saturated rings. The molecule has 2 N–H and O–H groups in total. The van der Waals surface area contributed by atoms with E-state index in [0.29, 0.717) is 11.4 Å². The molecule has 0 heterocycles. The minimum atomic E-state index is -4.30. The van der Waals surface area contributed by atoms with Gasteiger partial charge in [0, 0.05) is 50.7 Å². The van der Waals surface area contributed by atoms with E-state index in [2.05, 4.69) is 0 Å².